The highest BCUT2D eigenvalue weighted by Gasteiger charge is 2.22. The molecule has 0 saturated carbocycles. The van der Waals surface area contributed by atoms with E-state index in [9.17, 15) is 10.1 Å². The molecule has 120 valence electrons. The van der Waals surface area contributed by atoms with Gasteiger partial charge in [-0.25, -0.2) is 0 Å². The van der Waals surface area contributed by atoms with Gasteiger partial charge in [0.15, 0.2) is 0 Å². The van der Waals surface area contributed by atoms with Crippen LogP contribution in [-0.4, -0.2) is 11.8 Å². The number of nitro groups is 1. The van der Waals surface area contributed by atoms with Crippen LogP contribution in [0.1, 0.15) is 22.3 Å². The molecule has 1 aliphatic heterocycles. The SMILES string of the molecule is Cc1cc(C)c(B2C=CC=C(c3ccc([N+](=O)[O-])cc3)N2)c(C)c1. The lowest BCUT2D eigenvalue weighted by Crippen LogP contribution is -2.46. The van der Waals surface area contributed by atoms with E-state index >= 15 is 0 Å². The van der Waals surface area contributed by atoms with E-state index < -0.39 is 0 Å². The minimum atomic E-state index is -0.381. The summed E-state index contributed by atoms with van der Waals surface area (Å²) in [6.45, 7) is 6.47. The molecule has 2 aromatic rings. The molecule has 4 nitrogen and oxygen atoms in total. The fourth-order valence-electron chi connectivity index (χ4n) is 3.32. The highest BCUT2D eigenvalue weighted by atomic mass is 16.6. The lowest BCUT2D eigenvalue weighted by molar-refractivity contribution is -0.384. The van der Waals surface area contributed by atoms with Gasteiger partial charge in [0.2, 0.25) is 0 Å². The second-order valence-corrected chi connectivity index (χ2v) is 6.20. The van der Waals surface area contributed by atoms with Crippen LogP contribution in [0, 0.1) is 30.9 Å². The topological polar surface area (TPSA) is 55.2 Å². The molecule has 1 heterocycles. The Morgan fingerprint density at radius 1 is 1.04 bits per heavy atom. The second kappa shape index (κ2) is 6.36. The Morgan fingerprint density at radius 3 is 2.25 bits per heavy atom. The van der Waals surface area contributed by atoms with E-state index in [0.29, 0.717) is 0 Å². The van der Waals surface area contributed by atoms with Crippen molar-refractivity contribution in [3.05, 3.63) is 86.9 Å². The van der Waals surface area contributed by atoms with Crippen LogP contribution in [0.15, 0.2) is 54.5 Å². The zero-order chi connectivity index (χ0) is 17.3. The number of benzene rings is 2. The molecule has 0 saturated heterocycles. The van der Waals surface area contributed by atoms with Gasteiger partial charge in [0.05, 0.1) is 4.92 Å². The molecule has 0 fully saturated rings. The highest BCUT2D eigenvalue weighted by Crippen LogP contribution is 2.19. The van der Waals surface area contributed by atoms with Crippen LogP contribution >= 0.6 is 0 Å². The minimum Gasteiger partial charge on any atom is -0.420 e. The summed E-state index contributed by atoms with van der Waals surface area (Å²) in [5.41, 5.74) is 7.09. The number of nitrogens with one attached hydrogen (secondary N) is 1. The van der Waals surface area contributed by atoms with Gasteiger partial charge in [0, 0.05) is 17.8 Å². The summed E-state index contributed by atoms with van der Waals surface area (Å²) in [6, 6.07) is 11.0. The zero-order valence-electron chi connectivity index (χ0n) is 14.0. The maximum absolute atomic E-state index is 10.8. The van der Waals surface area contributed by atoms with Gasteiger partial charge in [-0.2, -0.15) is 0 Å². The molecule has 0 atom stereocenters. The Kier molecular flexibility index (Phi) is 4.25. The molecule has 1 N–H and O–H groups in total. The van der Waals surface area contributed by atoms with Gasteiger partial charge in [-0.05, 0) is 50.0 Å². The number of allylic oxidation sites excluding steroid dienone is 2. The quantitative estimate of drug-likeness (QED) is 0.536. The van der Waals surface area contributed by atoms with Crippen molar-refractivity contribution >= 4 is 23.7 Å². The maximum atomic E-state index is 10.8. The molecular weight excluding hydrogens is 299 g/mol. The van der Waals surface area contributed by atoms with Crippen LogP contribution < -0.4 is 10.7 Å². The van der Waals surface area contributed by atoms with E-state index in [4.69, 9.17) is 0 Å². The van der Waals surface area contributed by atoms with Gasteiger partial charge in [-0.3, -0.25) is 10.1 Å². The first kappa shape index (κ1) is 16.1. The van der Waals surface area contributed by atoms with Crippen LogP contribution in [0.4, 0.5) is 5.69 Å². The second-order valence-electron chi connectivity index (χ2n) is 6.20. The molecule has 0 spiro atoms. The first-order valence-corrected chi connectivity index (χ1v) is 7.93. The van der Waals surface area contributed by atoms with Crippen molar-refractivity contribution in [3.63, 3.8) is 0 Å². The van der Waals surface area contributed by atoms with E-state index in [1.165, 1.54) is 34.3 Å². The summed E-state index contributed by atoms with van der Waals surface area (Å²) in [5.74, 6) is 2.14. The summed E-state index contributed by atoms with van der Waals surface area (Å²) in [4.78, 5) is 10.4. The van der Waals surface area contributed by atoms with Crippen LogP contribution in [0.25, 0.3) is 5.70 Å². The largest absolute Gasteiger partial charge is 0.420 e. The van der Waals surface area contributed by atoms with E-state index in [1.54, 1.807) is 12.1 Å². The first-order valence-electron chi connectivity index (χ1n) is 7.93. The van der Waals surface area contributed by atoms with Crippen LogP contribution in [-0.2, 0) is 0 Å². The number of aryl methyl sites for hydroxylation is 3. The summed E-state index contributed by atoms with van der Waals surface area (Å²) >= 11 is 0. The lowest BCUT2D eigenvalue weighted by Gasteiger charge is -2.23. The van der Waals surface area contributed by atoms with Gasteiger partial charge in [0.1, 0.15) is 0 Å². The third kappa shape index (κ3) is 3.11. The molecule has 0 aromatic heterocycles. The van der Waals surface area contributed by atoms with Crippen molar-refractivity contribution in [2.75, 3.05) is 0 Å². The van der Waals surface area contributed by atoms with Crippen LogP contribution in [0.5, 0.6) is 0 Å². The number of hydrogen-bond acceptors (Lipinski definition) is 3. The fourth-order valence-corrected chi connectivity index (χ4v) is 3.32. The summed E-state index contributed by atoms with van der Waals surface area (Å²) in [6.07, 6.45) is 4.03. The monoisotopic (exact) mass is 318 g/mol. The Balaban J connectivity index is 1.89. The van der Waals surface area contributed by atoms with Gasteiger partial charge < -0.3 is 5.23 Å². The third-order valence-electron chi connectivity index (χ3n) is 4.32. The number of nitrogens with zero attached hydrogens (tertiary/aromatic N) is 1. The fraction of sp³-hybridized carbons (Fsp3) is 0.158. The highest BCUT2D eigenvalue weighted by molar-refractivity contribution is 6.77. The Morgan fingerprint density at radius 2 is 1.67 bits per heavy atom. The standard InChI is InChI=1S/C19H19BN2O2/c1-13-11-14(2)19(15(3)12-13)20-10-4-5-18(21-20)16-6-8-17(9-7-16)22(23)24/h4-12,21H,1-3H3. The van der Waals surface area contributed by atoms with Crippen molar-refractivity contribution in [1.82, 2.24) is 5.23 Å². The van der Waals surface area contributed by atoms with Gasteiger partial charge in [0.25, 0.3) is 5.69 Å². The van der Waals surface area contributed by atoms with Crippen molar-refractivity contribution in [2.24, 2.45) is 0 Å². The molecule has 0 unspecified atom stereocenters. The molecule has 0 aliphatic carbocycles. The van der Waals surface area contributed by atoms with Crippen molar-refractivity contribution in [1.29, 1.82) is 0 Å². The molecule has 0 bridgehead atoms. The predicted molar refractivity (Wildman–Crippen MR) is 99.4 cm³/mol. The summed E-state index contributed by atoms with van der Waals surface area (Å²) in [7, 11) is 0. The summed E-state index contributed by atoms with van der Waals surface area (Å²) < 4.78 is 0. The van der Waals surface area contributed by atoms with Crippen LogP contribution in [0.3, 0.4) is 0 Å². The average molecular weight is 318 g/mol. The van der Waals surface area contributed by atoms with Gasteiger partial charge >= 0.3 is 6.85 Å². The predicted octanol–water partition coefficient (Wildman–Crippen LogP) is 3.46. The number of rotatable bonds is 3. The minimum absolute atomic E-state index is 0.0980. The smallest absolute Gasteiger partial charge is 0.313 e. The van der Waals surface area contributed by atoms with E-state index in [0.717, 1.165) is 11.3 Å². The van der Waals surface area contributed by atoms with Gasteiger partial charge in [-0.15, -0.1) is 0 Å². The zero-order valence-corrected chi connectivity index (χ0v) is 14.0. The van der Waals surface area contributed by atoms with Crippen LogP contribution in [0.2, 0.25) is 0 Å². The van der Waals surface area contributed by atoms with E-state index in [2.05, 4.69) is 44.1 Å². The summed E-state index contributed by atoms with van der Waals surface area (Å²) in [5, 5.41) is 14.3. The van der Waals surface area contributed by atoms with Crippen molar-refractivity contribution in [2.45, 2.75) is 20.8 Å². The molecule has 5 heteroatoms. The molecule has 2 aromatic carbocycles. The number of nitro benzene ring substituents is 1. The normalized spacial score (nSPS) is 13.5. The average Bonchev–Trinajstić information content (AvgIpc) is 2.54. The van der Waals surface area contributed by atoms with Gasteiger partial charge in [-0.1, -0.05) is 40.9 Å². The molecule has 1 aliphatic rings. The molecular formula is C19H19BN2O2. The molecule has 24 heavy (non-hydrogen) atoms. The first-order chi connectivity index (χ1) is 11.5. The third-order valence-corrected chi connectivity index (χ3v) is 4.32. The molecule has 0 amide bonds. The number of non-ortho nitro benzene ring substituents is 1. The Hall–Kier alpha value is -2.82. The van der Waals surface area contributed by atoms with Crippen molar-refractivity contribution < 1.29 is 4.92 Å². The maximum Gasteiger partial charge on any atom is 0.313 e. The Labute approximate surface area is 142 Å². The number of hydrogen-bond donors (Lipinski definition) is 1. The Bertz CT molecular complexity index is 831. The molecule has 3 rings (SSSR count). The van der Waals surface area contributed by atoms with E-state index in [1.807, 2.05) is 12.2 Å². The molecule has 0 radical (unpaired) electrons. The van der Waals surface area contributed by atoms with Crippen molar-refractivity contribution in [3.8, 4) is 0 Å². The lowest BCUT2D eigenvalue weighted by atomic mass is 9.52. The van der Waals surface area contributed by atoms with E-state index in [-0.39, 0.29) is 17.5 Å².